The van der Waals surface area contributed by atoms with Crippen molar-refractivity contribution in [2.24, 2.45) is 0 Å². The normalized spacial score (nSPS) is 13.1. The molecule has 2 rings (SSSR count). The lowest BCUT2D eigenvalue weighted by molar-refractivity contribution is -0.227. The molecule has 6 heteroatoms. The molecule has 0 saturated heterocycles. The predicted molar refractivity (Wildman–Crippen MR) is 75.8 cm³/mol. The Morgan fingerprint density at radius 1 is 1.00 bits per heavy atom. The lowest BCUT2D eigenvalue weighted by Gasteiger charge is -2.21. The fourth-order valence-corrected chi connectivity index (χ4v) is 2.05. The van der Waals surface area contributed by atoms with Gasteiger partial charge in [0, 0.05) is 4.47 Å². The monoisotopic (exact) mass is 360 g/mol. The third kappa shape index (κ3) is 4.47. The van der Waals surface area contributed by atoms with Gasteiger partial charge in [0.05, 0.1) is 6.61 Å². The summed E-state index contributed by atoms with van der Waals surface area (Å²) in [5.74, 6) is 0.0547. The van der Waals surface area contributed by atoms with E-state index in [2.05, 4.69) is 15.9 Å². The molecule has 1 unspecified atom stereocenters. The van der Waals surface area contributed by atoms with Crippen LogP contribution in [0.1, 0.15) is 17.2 Å². The third-order valence-corrected chi connectivity index (χ3v) is 3.35. The number of halogens is 4. The second-order valence-electron chi connectivity index (χ2n) is 4.45. The Labute approximate surface area is 128 Å². The average Bonchev–Trinajstić information content (AvgIpc) is 2.42. The van der Waals surface area contributed by atoms with Gasteiger partial charge in [-0.15, -0.1) is 0 Å². The Balaban J connectivity index is 2.14. The Morgan fingerprint density at radius 3 is 2.10 bits per heavy atom. The minimum atomic E-state index is -4.50. The quantitative estimate of drug-likeness (QED) is 0.833. The number of phenolic OH excluding ortho intramolecular Hbond substituents is 1. The second-order valence-corrected chi connectivity index (χ2v) is 5.37. The lowest BCUT2D eigenvalue weighted by Crippen LogP contribution is -2.23. The highest BCUT2D eigenvalue weighted by Crippen LogP contribution is 2.36. The first-order chi connectivity index (χ1) is 9.86. The Bertz CT molecular complexity index is 579. The van der Waals surface area contributed by atoms with E-state index in [-0.39, 0.29) is 17.9 Å². The van der Waals surface area contributed by atoms with E-state index in [1.807, 2.05) is 0 Å². The SMILES string of the molecule is Oc1ccc(COC(c2ccc(Br)cc2)C(F)(F)F)cc1. The van der Waals surface area contributed by atoms with E-state index in [4.69, 9.17) is 9.84 Å². The van der Waals surface area contributed by atoms with Gasteiger partial charge < -0.3 is 9.84 Å². The van der Waals surface area contributed by atoms with Gasteiger partial charge in [0.1, 0.15) is 5.75 Å². The van der Waals surface area contributed by atoms with Crippen LogP contribution in [-0.4, -0.2) is 11.3 Å². The van der Waals surface area contributed by atoms with Gasteiger partial charge in [0.2, 0.25) is 0 Å². The molecular formula is C15H12BrF3O2. The molecule has 2 nitrogen and oxygen atoms in total. The van der Waals surface area contributed by atoms with Crippen LogP contribution >= 0.6 is 15.9 Å². The molecule has 0 fully saturated rings. The molecule has 0 aliphatic carbocycles. The van der Waals surface area contributed by atoms with Crippen LogP contribution in [0, 0.1) is 0 Å². The molecule has 0 bridgehead atoms. The van der Waals surface area contributed by atoms with Crippen LogP contribution in [0.5, 0.6) is 5.75 Å². The first-order valence-corrected chi connectivity index (χ1v) is 6.87. The van der Waals surface area contributed by atoms with Crippen molar-refractivity contribution in [3.05, 3.63) is 64.1 Å². The van der Waals surface area contributed by atoms with Crippen molar-refractivity contribution < 1.29 is 23.0 Å². The first kappa shape index (κ1) is 15.9. The van der Waals surface area contributed by atoms with Crippen LogP contribution in [0.4, 0.5) is 13.2 Å². The summed E-state index contributed by atoms with van der Waals surface area (Å²) >= 11 is 3.18. The summed E-state index contributed by atoms with van der Waals surface area (Å²) in [6.07, 6.45) is -6.48. The molecule has 1 atom stereocenters. The minimum Gasteiger partial charge on any atom is -0.508 e. The molecule has 0 radical (unpaired) electrons. The minimum absolute atomic E-state index is 0.0458. The molecule has 0 saturated carbocycles. The van der Waals surface area contributed by atoms with E-state index in [1.165, 1.54) is 48.5 Å². The largest absolute Gasteiger partial charge is 0.508 e. The van der Waals surface area contributed by atoms with E-state index in [0.29, 0.717) is 10.0 Å². The molecule has 2 aromatic rings. The van der Waals surface area contributed by atoms with Gasteiger partial charge in [-0.05, 0) is 35.4 Å². The van der Waals surface area contributed by atoms with Gasteiger partial charge >= 0.3 is 6.18 Å². The molecule has 2 aromatic carbocycles. The van der Waals surface area contributed by atoms with Crippen LogP contribution in [0.25, 0.3) is 0 Å². The summed E-state index contributed by atoms with van der Waals surface area (Å²) in [4.78, 5) is 0. The summed E-state index contributed by atoms with van der Waals surface area (Å²) in [5.41, 5.74) is 0.601. The molecule has 0 aliphatic heterocycles. The Hall–Kier alpha value is -1.53. The van der Waals surface area contributed by atoms with Gasteiger partial charge in [-0.1, -0.05) is 40.2 Å². The number of phenols is 1. The van der Waals surface area contributed by atoms with Crippen LogP contribution in [0.2, 0.25) is 0 Å². The van der Waals surface area contributed by atoms with Gasteiger partial charge in [0.25, 0.3) is 0 Å². The van der Waals surface area contributed by atoms with Crippen molar-refractivity contribution in [1.29, 1.82) is 0 Å². The maximum atomic E-state index is 13.1. The molecule has 0 aliphatic rings. The summed E-state index contributed by atoms with van der Waals surface area (Å²) in [7, 11) is 0. The molecule has 0 spiro atoms. The fourth-order valence-electron chi connectivity index (χ4n) is 1.79. The van der Waals surface area contributed by atoms with Crippen molar-refractivity contribution in [3.63, 3.8) is 0 Å². The highest BCUT2D eigenvalue weighted by Gasteiger charge is 2.41. The van der Waals surface area contributed by atoms with Gasteiger partial charge in [-0.25, -0.2) is 0 Å². The molecule has 112 valence electrons. The van der Waals surface area contributed by atoms with Crippen molar-refractivity contribution >= 4 is 15.9 Å². The van der Waals surface area contributed by atoms with Gasteiger partial charge in [-0.3, -0.25) is 0 Å². The molecule has 21 heavy (non-hydrogen) atoms. The van der Waals surface area contributed by atoms with Crippen molar-refractivity contribution in [2.45, 2.75) is 18.9 Å². The number of benzene rings is 2. The maximum absolute atomic E-state index is 13.1. The predicted octanol–water partition coefficient (Wildman–Crippen LogP) is 4.97. The first-order valence-electron chi connectivity index (χ1n) is 6.08. The van der Waals surface area contributed by atoms with Crippen LogP contribution in [-0.2, 0) is 11.3 Å². The Kier molecular flexibility index (Phi) is 4.90. The van der Waals surface area contributed by atoms with Gasteiger partial charge in [0.15, 0.2) is 6.10 Å². The molecule has 0 amide bonds. The van der Waals surface area contributed by atoms with Crippen molar-refractivity contribution in [3.8, 4) is 5.75 Å². The second kappa shape index (κ2) is 6.49. The van der Waals surface area contributed by atoms with Gasteiger partial charge in [-0.2, -0.15) is 13.2 Å². The van der Waals surface area contributed by atoms with E-state index >= 15 is 0 Å². The fraction of sp³-hybridized carbons (Fsp3) is 0.200. The summed E-state index contributed by atoms with van der Waals surface area (Å²) < 4.78 is 45.0. The number of ether oxygens (including phenoxy) is 1. The molecule has 0 aromatic heterocycles. The number of aromatic hydroxyl groups is 1. The average molecular weight is 361 g/mol. The topological polar surface area (TPSA) is 29.5 Å². The molecular weight excluding hydrogens is 349 g/mol. The summed E-state index contributed by atoms with van der Waals surface area (Å²) in [5, 5.41) is 9.14. The highest BCUT2D eigenvalue weighted by atomic mass is 79.9. The van der Waals surface area contributed by atoms with Crippen LogP contribution in [0.3, 0.4) is 0 Å². The number of rotatable bonds is 4. The van der Waals surface area contributed by atoms with Crippen LogP contribution in [0.15, 0.2) is 53.0 Å². The molecule has 0 heterocycles. The van der Waals surface area contributed by atoms with E-state index < -0.39 is 12.3 Å². The zero-order chi connectivity index (χ0) is 15.5. The smallest absolute Gasteiger partial charge is 0.418 e. The lowest BCUT2D eigenvalue weighted by atomic mass is 10.1. The van der Waals surface area contributed by atoms with E-state index in [9.17, 15) is 13.2 Å². The zero-order valence-electron chi connectivity index (χ0n) is 10.8. The summed E-state index contributed by atoms with van der Waals surface area (Å²) in [6.45, 7) is -0.194. The Morgan fingerprint density at radius 2 is 1.57 bits per heavy atom. The number of hydrogen-bond acceptors (Lipinski definition) is 2. The van der Waals surface area contributed by atoms with E-state index in [1.54, 1.807) is 0 Å². The zero-order valence-corrected chi connectivity index (χ0v) is 12.4. The highest BCUT2D eigenvalue weighted by molar-refractivity contribution is 9.10. The van der Waals surface area contributed by atoms with Crippen LogP contribution < -0.4 is 0 Å². The maximum Gasteiger partial charge on any atom is 0.418 e. The molecule has 1 N–H and O–H groups in total. The van der Waals surface area contributed by atoms with Crippen molar-refractivity contribution in [2.75, 3.05) is 0 Å². The number of hydrogen-bond donors (Lipinski definition) is 1. The van der Waals surface area contributed by atoms with Crippen molar-refractivity contribution in [1.82, 2.24) is 0 Å². The standard InChI is InChI=1S/C15H12BrF3O2/c16-12-5-3-11(4-6-12)14(15(17,18)19)21-9-10-1-7-13(20)8-2-10/h1-8,14,20H,9H2. The third-order valence-electron chi connectivity index (χ3n) is 2.82. The number of alkyl halides is 3. The van der Waals surface area contributed by atoms with E-state index in [0.717, 1.165) is 0 Å². The summed E-state index contributed by atoms with van der Waals surface area (Å²) in [6, 6.07) is 11.7.